The molecule has 3 rings (SSSR count). The molecule has 6 heteroatoms. The Hall–Kier alpha value is -2.73. The summed E-state index contributed by atoms with van der Waals surface area (Å²) in [4.78, 5) is 14.5. The maximum Gasteiger partial charge on any atom is 0.338 e. The summed E-state index contributed by atoms with van der Waals surface area (Å²) in [6.45, 7) is 3.82. The van der Waals surface area contributed by atoms with Crippen molar-refractivity contribution in [2.24, 2.45) is 0 Å². The molecule has 0 saturated heterocycles. The molecule has 1 aliphatic heterocycles. The number of carbonyl (C=O) groups is 1. The van der Waals surface area contributed by atoms with Crippen molar-refractivity contribution in [3.8, 4) is 0 Å². The number of thiocarbonyl (C=S) groups is 1. The number of ether oxygens (including phenoxy) is 1. The van der Waals surface area contributed by atoms with E-state index >= 15 is 0 Å². The first-order valence-electron chi connectivity index (χ1n) is 8.32. The summed E-state index contributed by atoms with van der Waals surface area (Å²) in [5.41, 5.74) is 2.52. The molecule has 0 bridgehead atoms. The standard InChI is InChI=1S/C20H19FN2O2S/c1-3-25-19(24)17-13(2)23(16-10-5-4-6-11-16)20(26)22-18(17)14-8-7-9-15(21)12-14/h4-12,18H,3H2,1-2H3,(H,22,26)/t18-/m1/s1. The molecule has 0 aliphatic carbocycles. The molecular formula is C20H19FN2O2S. The van der Waals surface area contributed by atoms with E-state index in [-0.39, 0.29) is 12.4 Å². The quantitative estimate of drug-likeness (QED) is 0.648. The van der Waals surface area contributed by atoms with Gasteiger partial charge in [0.15, 0.2) is 5.11 Å². The highest BCUT2D eigenvalue weighted by molar-refractivity contribution is 7.80. The van der Waals surface area contributed by atoms with E-state index in [1.807, 2.05) is 37.3 Å². The van der Waals surface area contributed by atoms with Crippen molar-refractivity contribution in [2.75, 3.05) is 11.5 Å². The first-order chi connectivity index (χ1) is 12.5. The van der Waals surface area contributed by atoms with Crippen LogP contribution in [0.3, 0.4) is 0 Å². The van der Waals surface area contributed by atoms with Crippen LogP contribution in [0.4, 0.5) is 10.1 Å². The molecule has 0 spiro atoms. The van der Waals surface area contributed by atoms with Gasteiger partial charge >= 0.3 is 5.97 Å². The van der Waals surface area contributed by atoms with Crippen molar-refractivity contribution in [1.29, 1.82) is 0 Å². The number of nitrogens with zero attached hydrogens (tertiary/aromatic N) is 1. The molecule has 1 heterocycles. The number of esters is 1. The molecule has 0 fully saturated rings. The van der Waals surface area contributed by atoms with Gasteiger partial charge in [0.05, 0.1) is 18.2 Å². The number of hydrogen-bond acceptors (Lipinski definition) is 3. The van der Waals surface area contributed by atoms with Crippen LogP contribution in [-0.2, 0) is 9.53 Å². The van der Waals surface area contributed by atoms with E-state index < -0.39 is 12.0 Å². The van der Waals surface area contributed by atoms with Crippen molar-refractivity contribution < 1.29 is 13.9 Å². The Bertz CT molecular complexity index is 867. The highest BCUT2D eigenvalue weighted by Gasteiger charge is 2.35. The molecule has 0 amide bonds. The van der Waals surface area contributed by atoms with Gasteiger partial charge in [0.2, 0.25) is 0 Å². The van der Waals surface area contributed by atoms with Gasteiger partial charge in [-0.25, -0.2) is 9.18 Å². The molecule has 2 aromatic carbocycles. The molecule has 2 aromatic rings. The number of carbonyl (C=O) groups excluding carboxylic acids is 1. The van der Waals surface area contributed by atoms with Crippen LogP contribution in [0.1, 0.15) is 25.5 Å². The molecular weight excluding hydrogens is 351 g/mol. The summed E-state index contributed by atoms with van der Waals surface area (Å²) >= 11 is 5.54. The minimum atomic E-state index is -0.572. The van der Waals surface area contributed by atoms with Crippen molar-refractivity contribution in [1.82, 2.24) is 5.32 Å². The lowest BCUT2D eigenvalue weighted by Gasteiger charge is -2.37. The fourth-order valence-electron chi connectivity index (χ4n) is 3.04. The molecule has 26 heavy (non-hydrogen) atoms. The monoisotopic (exact) mass is 370 g/mol. The molecule has 0 unspecified atom stereocenters. The van der Waals surface area contributed by atoms with Crippen LogP contribution in [-0.4, -0.2) is 17.7 Å². The third-order valence-electron chi connectivity index (χ3n) is 4.18. The lowest BCUT2D eigenvalue weighted by Crippen LogP contribution is -2.48. The van der Waals surface area contributed by atoms with Crippen molar-refractivity contribution in [2.45, 2.75) is 19.9 Å². The van der Waals surface area contributed by atoms with Crippen molar-refractivity contribution in [3.05, 3.63) is 77.2 Å². The number of allylic oxidation sites excluding steroid dienone is 1. The first kappa shape index (κ1) is 18.1. The van der Waals surface area contributed by atoms with E-state index in [2.05, 4.69) is 5.32 Å². The minimum Gasteiger partial charge on any atom is -0.463 e. The molecule has 4 nitrogen and oxygen atoms in total. The second-order valence-electron chi connectivity index (χ2n) is 5.83. The Balaban J connectivity index is 2.13. The second-order valence-corrected chi connectivity index (χ2v) is 6.21. The average Bonchev–Trinajstić information content (AvgIpc) is 2.62. The number of hydrogen-bond donors (Lipinski definition) is 1. The van der Waals surface area contributed by atoms with Crippen LogP contribution in [0, 0.1) is 5.82 Å². The Kier molecular flexibility index (Phi) is 5.32. The van der Waals surface area contributed by atoms with Gasteiger partial charge in [-0.05, 0) is 55.9 Å². The minimum absolute atomic E-state index is 0.251. The summed E-state index contributed by atoms with van der Waals surface area (Å²) in [5.74, 6) is -0.822. The SMILES string of the molecule is CCOC(=O)C1=C(C)N(c2ccccc2)C(=S)N[C@@H]1c1cccc(F)c1. The first-order valence-corrected chi connectivity index (χ1v) is 8.72. The molecule has 1 aliphatic rings. The van der Waals surface area contributed by atoms with E-state index in [0.717, 1.165) is 5.69 Å². The second kappa shape index (κ2) is 7.66. The normalized spacial score (nSPS) is 17.1. The summed E-state index contributed by atoms with van der Waals surface area (Å²) in [5, 5.41) is 3.60. The van der Waals surface area contributed by atoms with Gasteiger partial charge in [-0.3, -0.25) is 4.90 Å². The van der Waals surface area contributed by atoms with Gasteiger partial charge in [-0.1, -0.05) is 30.3 Å². The summed E-state index contributed by atoms with van der Waals surface area (Å²) in [6, 6.07) is 15.1. The van der Waals surface area contributed by atoms with E-state index in [9.17, 15) is 9.18 Å². The summed E-state index contributed by atoms with van der Waals surface area (Å²) in [7, 11) is 0. The molecule has 1 atom stereocenters. The zero-order chi connectivity index (χ0) is 18.7. The van der Waals surface area contributed by atoms with Crippen LogP contribution in [0.2, 0.25) is 0 Å². The Morgan fingerprint density at radius 2 is 1.96 bits per heavy atom. The van der Waals surface area contributed by atoms with E-state index in [1.165, 1.54) is 12.1 Å². The zero-order valence-corrected chi connectivity index (χ0v) is 15.3. The topological polar surface area (TPSA) is 41.6 Å². The number of benzene rings is 2. The van der Waals surface area contributed by atoms with Gasteiger partial charge in [-0.2, -0.15) is 0 Å². The van der Waals surface area contributed by atoms with Crippen LogP contribution in [0.15, 0.2) is 65.9 Å². The van der Waals surface area contributed by atoms with Crippen molar-refractivity contribution in [3.63, 3.8) is 0 Å². The number of anilines is 1. The summed E-state index contributed by atoms with van der Waals surface area (Å²) in [6.07, 6.45) is 0. The van der Waals surface area contributed by atoms with Gasteiger partial charge in [0, 0.05) is 11.4 Å². The number of rotatable bonds is 4. The van der Waals surface area contributed by atoms with Gasteiger partial charge in [-0.15, -0.1) is 0 Å². The lowest BCUT2D eigenvalue weighted by molar-refractivity contribution is -0.139. The summed E-state index contributed by atoms with van der Waals surface area (Å²) < 4.78 is 19.0. The largest absolute Gasteiger partial charge is 0.463 e. The van der Waals surface area contributed by atoms with E-state index in [0.29, 0.717) is 21.9 Å². The maximum atomic E-state index is 13.7. The van der Waals surface area contributed by atoms with Crippen LogP contribution >= 0.6 is 12.2 Å². The Morgan fingerprint density at radius 1 is 1.23 bits per heavy atom. The van der Waals surface area contributed by atoms with Gasteiger partial charge < -0.3 is 10.1 Å². The molecule has 0 aromatic heterocycles. The third-order valence-corrected chi connectivity index (χ3v) is 4.48. The average molecular weight is 370 g/mol. The lowest BCUT2D eigenvalue weighted by atomic mass is 9.94. The highest BCUT2D eigenvalue weighted by atomic mass is 32.1. The Labute approximate surface area is 157 Å². The van der Waals surface area contributed by atoms with Gasteiger partial charge in [0.1, 0.15) is 5.82 Å². The van der Waals surface area contributed by atoms with Crippen LogP contribution < -0.4 is 10.2 Å². The smallest absolute Gasteiger partial charge is 0.338 e. The number of para-hydroxylation sites is 1. The molecule has 134 valence electrons. The predicted molar refractivity (Wildman–Crippen MR) is 103 cm³/mol. The maximum absolute atomic E-state index is 13.7. The van der Waals surface area contributed by atoms with Crippen LogP contribution in [0.5, 0.6) is 0 Å². The van der Waals surface area contributed by atoms with Gasteiger partial charge in [0.25, 0.3) is 0 Å². The fourth-order valence-corrected chi connectivity index (χ4v) is 3.40. The molecule has 0 radical (unpaired) electrons. The number of nitrogens with one attached hydrogen (secondary N) is 1. The van der Waals surface area contributed by atoms with E-state index in [4.69, 9.17) is 17.0 Å². The van der Waals surface area contributed by atoms with E-state index in [1.54, 1.807) is 24.0 Å². The number of halogens is 1. The Morgan fingerprint density at radius 3 is 2.62 bits per heavy atom. The molecule has 0 saturated carbocycles. The fraction of sp³-hybridized carbons (Fsp3) is 0.200. The zero-order valence-electron chi connectivity index (χ0n) is 14.5. The van der Waals surface area contributed by atoms with Crippen molar-refractivity contribution >= 4 is 29.0 Å². The molecule has 1 N–H and O–H groups in total. The van der Waals surface area contributed by atoms with Crippen LogP contribution in [0.25, 0.3) is 0 Å². The highest BCUT2D eigenvalue weighted by Crippen LogP contribution is 2.34. The third kappa shape index (κ3) is 3.46. The predicted octanol–water partition coefficient (Wildman–Crippen LogP) is 4.10.